The van der Waals surface area contributed by atoms with Crippen molar-refractivity contribution in [1.82, 2.24) is 9.73 Å². The molecule has 4 aromatic rings. The molecule has 11 heteroatoms. The first kappa shape index (κ1) is 29.3. The molecule has 0 saturated carbocycles. The van der Waals surface area contributed by atoms with Crippen LogP contribution in [0.1, 0.15) is 22.6 Å². The van der Waals surface area contributed by atoms with E-state index >= 15 is 0 Å². The minimum Gasteiger partial charge on any atom is -0.368 e. The quantitative estimate of drug-likeness (QED) is 0.207. The average Bonchev–Trinajstić information content (AvgIpc) is 3.43. The molecule has 0 aromatic heterocycles. The Morgan fingerprint density at radius 3 is 2.07 bits per heavy atom. The lowest BCUT2D eigenvalue weighted by Crippen LogP contribution is -2.43. The topological polar surface area (TPSA) is 117 Å². The van der Waals surface area contributed by atoms with Crippen LogP contribution < -0.4 is 10.5 Å². The highest BCUT2D eigenvalue weighted by atomic mass is 35.5. The number of guanidine groups is 1. The van der Waals surface area contributed by atoms with Crippen LogP contribution in [0.4, 0.5) is 0 Å². The van der Waals surface area contributed by atoms with Crippen LogP contribution in [0.5, 0.6) is 0 Å². The molecule has 3 N–H and O–H groups in total. The number of hydrogen-bond donors (Lipinski definition) is 2. The van der Waals surface area contributed by atoms with Crippen LogP contribution in [0.15, 0.2) is 124 Å². The van der Waals surface area contributed by atoms with Crippen molar-refractivity contribution in [3.63, 3.8) is 0 Å². The number of aliphatic imine (C=N–C) groups is 1. The lowest BCUT2D eigenvalue weighted by atomic mass is 9.91. The van der Waals surface area contributed by atoms with Crippen molar-refractivity contribution < 1.29 is 13.2 Å². The van der Waals surface area contributed by atoms with Crippen LogP contribution >= 0.6 is 23.2 Å². The molecule has 4 aromatic carbocycles. The number of carbonyl (C=O) groups is 1. The summed E-state index contributed by atoms with van der Waals surface area (Å²) in [6.45, 7) is 0.251. The molecule has 0 aliphatic carbocycles. The Bertz CT molecular complexity index is 1710. The molecular weight excluding hydrogens is 593 g/mol. The second-order valence-electron chi connectivity index (χ2n) is 9.66. The van der Waals surface area contributed by atoms with E-state index in [4.69, 9.17) is 34.0 Å². The number of amides is 1. The van der Waals surface area contributed by atoms with Gasteiger partial charge in [-0.05, 0) is 53.1 Å². The Labute approximate surface area is 254 Å². The van der Waals surface area contributed by atoms with Gasteiger partial charge in [0.25, 0.3) is 10.0 Å². The van der Waals surface area contributed by atoms with Crippen molar-refractivity contribution in [2.24, 2.45) is 15.8 Å². The summed E-state index contributed by atoms with van der Waals surface area (Å²) >= 11 is 12.1. The normalized spacial score (nSPS) is 16.1. The zero-order valence-electron chi connectivity index (χ0n) is 22.3. The van der Waals surface area contributed by atoms with Crippen LogP contribution in [-0.2, 0) is 21.2 Å². The molecule has 1 amide bonds. The number of sulfonamides is 1. The summed E-state index contributed by atoms with van der Waals surface area (Å²) in [5, 5.41) is 7.27. The van der Waals surface area contributed by atoms with Gasteiger partial charge in [-0.1, -0.05) is 96.0 Å². The predicted octanol–water partition coefficient (Wildman–Crippen LogP) is 5.23. The number of halogens is 2. The van der Waals surface area contributed by atoms with E-state index in [2.05, 4.69) is 9.71 Å². The number of nitrogens with one attached hydrogen (secondary N) is 1. The van der Waals surface area contributed by atoms with Gasteiger partial charge in [0, 0.05) is 22.4 Å². The molecule has 0 saturated heterocycles. The molecule has 0 fully saturated rings. The van der Waals surface area contributed by atoms with Crippen molar-refractivity contribution in [3.05, 3.63) is 136 Å². The number of nitrogens with zero attached hydrogens (tertiary/aromatic N) is 3. The first-order valence-electron chi connectivity index (χ1n) is 13.1. The molecule has 214 valence electrons. The maximum Gasteiger partial charge on any atom is 0.264 e. The van der Waals surface area contributed by atoms with Crippen LogP contribution in [0.3, 0.4) is 0 Å². The Morgan fingerprint density at radius 2 is 1.48 bits per heavy atom. The Kier molecular flexibility index (Phi) is 8.91. The fourth-order valence-corrected chi connectivity index (χ4v) is 5.86. The second kappa shape index (κ2) is 12.8. The van der Waals surface area contributed by atoms with E-state index in [1.54, 1.807) is 12.1 Å². The largest absolute Gasteiger partial charge is 0.368 e. The van der Waals surface area contributed by atoms with Crippen LogP contribution in [-0.4, -0.2) is 43.6 Å². The highest BCUT2D eigenvalue weighted by Gasteiger charge is 2.34. The van der Waals surface area contributed by atoms with Gasteiger partial charge in [-0.3, -0.25) is 4.79 Å². The third-order valence-corrected chi connectivity index (χ3v) is 8.58. The first-order chi connectivity index (χ1) is 20.2. The molecule has 0 radical (unpaired) electrons. The second-order valence-corrected chi connectivity index (χ2v) is 12.2. The van der Waals surface area contributed by atoms with Crippen molar-refractivity contribution in [2.75, 3.05) is 6.54 Å². The number of hydrogen-bond acceptors (Lipinski definition) is 5. The third kappa shape index (κ3) is 6.99. The number of hydrazone groups is 1. The summed E-state index contributed by atoms with van der Waals surface area (Å²) in [6, 6.07) is 30.9. The molecular formula is C31H27Cl2N5O3S. The number of benzene rings is 4. The highest BCUT2D eigenvalue weighted by molar-refractivity contribution is 7.90. The van der Waals surface area contributed by atoms with E-state index in [0.29, 0.717) is 15.8 Å². The summed E-state index contributed by atoms with van der Waals surface area (Å²) in [4.78, 5) is 17.1. The molecule has 2 atom stereocenters. The predicted molar refractivity (Wildman–Crippen MR) is 166 cm³/mol. The molecule has 5 rings (SSSR count). The van der Waals surface area contributed by atoms with Gasteiger partial charge >= 0.3 is 0 Å². The zero-order chi connectivity index (χ0) is 29.7. The summed E-state index contributed by atoms with van der Waals surface area (Å²) < 4.78 is 29.6. The first-order valence-corrected chi connectivity index (χ1v) is 15.3. The van der Waals surface area contributed by atoms with Crippen molar-refractivity contribution in [3.8, 4) is 0 Å². The van der Waals surface area contributed by atoms with E-state index in [9.17, 15) is 13.2 Å². The van der Waals surface area contributed by atoms with E-state index in [0.717, 1.165) is 16.7 Å². The Balaban J connectivity index is 1.59. The molecule has 0 bridgehead atoms. The van der Waals surface area contributed by atoms with E-state index in [1.165, 1.54) is 29.3 Å². The van der Waals surface area contributed by atoms with Crippen molar-refractivity contribution in [1.29, 1.82) is 0 Å². The van der Waals surface area contributed by atoms with Gasteiger partial charge in [-0.15, -0.1) is 0 Å². The molecule has 8 nitrogen and oxygen atoms in total. The van der Waals surface area contributed by atoms with E-state index in [1.807, 2.05) is 72.8 Å². The number of carbonyl (C=O) groups excluding carboxylic acids is 1. The van der Waals surface area contributed by atoms with Gasteiger partial charge in [0.05, 0.1) is 17.2 Å². The van der Waals surface area contributed by atoms with Gasteiger partial charge in [-0.25, -0.2) is 23.1 Å². The Morgan fingerprint density at radius 1 is 0.905 bits per heavy atom. The monoisotopic (exact) mass is 619 g/mol. The SMILES string of the molecule is NC(=O)[C@H](Cc1ccccc1)N=C(NS(=O)(=O)c1ccc(Cl)cc1)N1CC(c2ccccc2)C(c2ccc(Cl)cc2)=N1. The smallest absolute Gasteiger partial charge is 0.264 e. The lowest BCUT2D eigenvalue weighted by molar-refractivity contribution is -0.119. The minimum atomic E-state index is -4.15. The highest BCUT2D eigenvalue weighted by Crippen LogP contribution is 2.30. The summed E-state index contributed by atoms with van der Waals surface area (Å²) in [7, 11) is -4.15. The fourth-order valence-electron chi connectivity index (χ4n) is 4.60. The van der Waals surface area contributed by atoms with Gasteiger partial charge in [0.1, 0.15) is 6.04 Å². The number of nitrogens with two attached hydrogens (primary N) is 1. The molecule has 0 spiro atoms. The van der Waals surface area contributed by atoms with Crippen molar-refractivity contribution in [2.45, 2.75) is 23.3 Å². The lowest BCUT2D eigenvalue weighted by Gasteiger charge is -2.21. The molecule has 1 heterocycles. The summed E-state index contributed by atoms with van der Waals surface area (Å²) in [5.41, 5.74) is 9.07. The number of primary amides is 1. The van der Waals surface area contributed by atoms with Gasteiger partial charge < -0.3 is 5.73 Å². The molecule has 1 unspecified atom stereocenters. The van der Waals surface area contributed by atoms with Crippen molar-refractivity contribution >= 4 is 50.8 Å². The number of rotatable bonds is 8. The van der Waals surface area contributed by atoms with Gasteiger partial charge in [0.2, 0.25) is 11.9 Å². The fraction of sp³-hybridized carbons (Fsp3) is 0.129. The van der Waals surface area contributed by atoms with E-state index < -0.39 is 22.0 Å². The summed E-state index contributed by atoms with van der Waals surface area (Å²) in [6.07, 6.45) is 0.173. The van der Waals surface area contributed by atoms with Crippen LogP contribution in [0.2, 0.25) is 10.0 Å². The maximum absolute atomic E-state index is 13.5. The summed E-state index contributed by atoms with van der Waals surface area (Å²) in [5.74, 6) is -1.07. The van der Waals surface area contributed by atoms with Gasteiger partial charge in [0.15, 0.2) is 0 Å². The maximum atomic E-state index is 13.5. The van der Waals surface area contributed by atoms with Crippen LogP contribution in [0, 0.1) is 0 Å². The molecule has 1 aliphatic rings. The Hall–Kier alpha value is -4.18. The standard InChI is InChI=1S/C31H27Cl2N5O3S/c32-24-13-11-23(12-14-24)29-27(22-9-5-2-6-10-22)20-38(36-29)31(37-42(40,41)26-17-15-25(33)16-18-26)35-28(30(34)39)19-21-7-3-1-4-8-21/h1-18,27-28H,19-20H2,(H2,34,39)(H,35,37)/t27?,28-/m0/s1. The van der Waals surface area contributed by atoms with Gasteiger partial charge in [-0.2, -0.15) is 5.10 Å². The molecule has 1 aliphatic heterocycles. The van der Waals surface area contributed by atoms with E-state index in [-0.39, 0.29) is 29.7 Å². The third-order valence-electron chi connectivity index (χ3n) is 6.73. The minimum absolute atomic E-state index is 0.0287. The van der Waals surface area contributed by atoms with Crippen LogP contribution in [0.25, 0.3) is 0 Å². The zero-order valence-corrected chi connectivity index (χ0v) is 24.6. The molecule has 42 heavy (non-hydrogen) atoms. The average molecular weight is 621 g/mol.